The molecule has 6 heteroatoms. The maximum atomic E-state index is 11.2. The molecular formula is C15H31KO4S. The van der Waals surface area contributed by atoms with Crippen molar-refractivity contribution < 1.29 is 69.5 Å². The Kier molecular flexibility index (Phi) is 17.8. The predicted molar refractivity (Wildman–Crippen MR) is 81.6 cm³/mol. The van der Waals surface area contributed by atoms with Crippen LogP contribution in [0.2, 0.25) is 0 Å². The first kappa shape index (κ1) is 24.8. The summed E-state index contributed by atoms with van der Waals surface area (Å²) in [6.45, 7) is 3.98. The summed E-state index contributed by atoms with van der Waals surface area (Å²) in [5.41, 5.74) is 0. The zero-order valence-corrected chi connectivity index (χ0v) is 18.0. The zero-order valence-electron chi connectivity index (χ0n) is 14.0. The molecule has 21 heavy (non-hydrogen) atoms. The minimum absolute atomic E-state index is 0. The third-order valence-electron chi connectivity index (χ3n) is 3.79. The Morgan fingerprint density at radius 3 is 1.86 bits per heavy atom. The second kappa shape index (κ2) is 15.1. The topological polar surface area (TPSA) is 77.4 Å². The summed E-state index contributed by atoms with van der Waals surface area (Å²) in [5.74, 6) is 0. The molecule has 0 aromatic rings. The first-order valence-corrected chi connectivity index (χ1v) is 9.51. The van der Waals surface area contributed by atoms with Gasteiger partial charge in [-0.25, -0.2) is 8.42 Å². The molecule has 0 fully saturated rings. The Morgan fingerprint density at radius 1 is 0.952 bits per heavy atom. The Bertz CT molecular complexity index is 320. The normalized spacial score (nSPS) is 14.5. The third kappa shape index (κ3) is 14.8. The van der Waals surface area contributed by atoms with Crippen LogP contribution in [0.3, 0.4) is 0 Å². The van der Waals surface area contributed by atoms with Crippen LogP contribution >= 0.6 is 0 Å². The molecule has 0 spiro atoms. The number of hydrogen-bond donors (Lipinski definition) is 1. The van der Waals surface area contributed by atoms with Gasteiger partial charge in [0.1, 0.15) is 0 Å². The van der Waals surface area contributed by atoms with Gasteiger partial charge in [-0.1, -0.05) is 65.2 Å². The van der Waals surface area contributed by atoms with Crippen LogP contribution in [0, 0.1) is 0 Å². The van der Waals surface area contributed by atoms with E-state index in [4.69, 9.17) is 0 Å². The van der Waals surface area contributed by atoms with Gasteiger partial charge in [-0.3, -0.25) is 0 Å². The van der Waals surface area contributed by atoms with Crippen molar-refractivity contribution >= 4 is 10.1 Å². The molecule has 0 aromatic carbocycles. The second-order valence-electron chi connectivity index (χ2n) is 5.68. The molecule has 2 unspecified atom stereocenters. The maximum Gasteiger partial charge on any atom is 1.00 e. The first-order chi connectivity index (χ1) is 9.41. The average Bonchev–Trinajstić information content (AvgIpc) is 2.38. The fourth-order valence-electron chi connectivity index (χ4n) is 2.36. The van der Waals surface area contributed by atoms with Crippen molar-refractivity contribution in [3.63, 3.8) is 0 Å². The van der Waals surface area contributed by atoms with Crippen LogP contribution in [0.5, 0.6) is 0 Å². The number of aliphatic hydroxyl groups excluding tert-OH is 1. The second-order valence-corrected chi connectivity index (χ2v) is 7.33. The van der Waals surface area contributed by atoms with Gasteiger partial charge in [0.2, 0.25) is 0 Å². The van der Waals surface area contributed by atoms with Gasteiger partial charge < -0.3 is 9.66 Å². The Hall–Kier alpha value is 1.51. The number of hydrogen-bond acceptors (Lipinski definition) is 4. The minimum Gasteiger partial charge on any atom is -0.748 e. The van der Waals surface area contributed by atoms with Gasteiger partial charge in [0.25, 0.3) is 0 Å². The molecular weight excluding hydrogens is 315 g/mol. The van der Waals surface area contributed by atoms with E-state index in [9.17, 15) is 18.1 Å². The molecule has 0 aliphatic heterocycles. The van der Waals surface area contributed by atoms with Crippen LogP contribution in [0.4, 0.5) is 0 Å². The van der Waals surface area contributed by atoms with Crippen molar-refractivity contribution in [3.8, 4) is 0 Å². The molecule has 0 saturated carbocycles. The average molecular weight is 347 g/mol. The van der Waals surface area contributed by atoms with E-state index < -0.39 is 21.5 Å². The molecule has 0 aliphatic rings. The first-order valence-electron chi connectivity index (χ1n) is 8.04. The van der Waals surface area contributed by atoms with Crippen molar-refractivity contribution in [1.82, 2.24) is 0 Å². The molecule has 0 rings (SSSR count). The van der Waals surface area contributed by atoms with E-state index in [1.54, 1.807) is 6.92 Å². The summed E-state index contributed by atoms with van der Waals surface area (Å²) in [6.07, 6.45) is 9.34. The summed E-state index contributed by atoms with van der Waals surface area (Å²) in [6, 6.07) is 0. The standard InChI is InChI=1S/C15H32O4S.K/c1-3-5-6-7-8-9-10-11-12-15(20(17,18)19)13-14(16)4-2;/h14-16H,3-13H2,1-2H3,(H,17,18,19);/q;+1/p-1. The van der Waals surface area contributed by atoms with Crippen molar-refractivity contribution in [2.75, 3.05) is 0 Å². The number of unbranched alkanes of at least 4 members (excludes halogenated alkanes) is 7. The summed E-state index contributed by atoms with van der Waals surface area (Å²) in [4.78, 5) is 0. The third-order valence-corrected chi connectivity index (χ3v) is 5.04. The van der Waals surface area contributed by atoms with Crippen LogP contribution < -0.4 is 51.4 Å². The zero-order chi connectivity index (χ0) is 15.4. The van der Waals surface area contributed by atoms with Gasteiger partial charge in [0.15, 0.2) is 0 Å². The van der Waals surface area contributed by atoms with Crippen LogP contribution in [0.1, 0.15) is 84.5 Å². The van der Waals surface area contributed by atoms with Crippen molar-refractivity contribution in [1.29, 1.82) is 0 Å². The Morgan fingerprint density at radius 2 is 1.43 bits per heavy atom. The van der Waals surface area contributed by atoms with Gasteiger partial charge in [-0.15, -0.1) is 0 Å². The van der Waals surface area contributed by atoms with E-state index in [0.717, 1.165) is 19.3 Å². The molecule has 0 aliphatic carbocycles. The SMILES string of the molecule is CCCCCCCCCCC(CC(O)CC)S(=O)(=O)[O-].[K+]. The molecule has 1 N–H and O–H groups in total. The van der Waals surface area contributed by atoms with Crippen molar-refractivity contribution in [2.24, 2.45) is 0 Å². The van der Waals surface area contributed by atoms with Crippen LogP contribution in [0.25, 0.3) is 0 Å². The van der Waals surface area contributed by atoms with Gasteiger partial charge >= 0.3 is 51.4 Å². The van der Waals surface area contributed by atoms with Gasteiger partial charge in [0.05, 0.1) is 21.5 Å². The largest absolute Gasteiger partial charge is 1.00 e. The monoisotopic (exact) mass is 346 g/mol. The quantitative estimate of drug-likeness (QED) is 0.301. The fraction of sp³-hybridized carbons (Fsp3) is 1.00. The summed E-state index contributed by atoms with van der Waals surface area (Å²) in [7, 11) is -4.28. The smallest absolute Gasteiger partial charge is 0.748 e. The van der Waals surface area contributed by atoms with Crippen LogP contribution in [0.15, 0.2) is 0 Å². The van der Waals surface area contributed by atoms with E-state index >= 15 is 0 Å². The molecule has 0 radical (unpaired) electrons. The molecule has 0 heterocycles. The van der Waals surface area contributed by atoms with Crippen LogP contribution in [-0.2, 0) is 10.1 Å². The molecule has 0 amide bonds. The van der Waals surface area contributed by atoms with Gasteiger partial charge in [0, 0.05) is 0 Å². The van der Waals surface area contributed by atoms with Gasteiger partial charge in [-0.2, -0.15) is 0 Å². The predicted octanol–water partition coefficient (Wildman–Crippen LogP) is 0.596. The van der Waals surface area contributed by atoms with Gasteiger partial charge in [-0.05, 0) is 19.3 Å². The molecule has 0 aromatic heterocycles. The molecule has 0 bridgehead atoms. The summed E-state index contributed by atoms with van der Waals surface area (Å²) >= 11 is 0. The summed E-state index contributed by atoms with van der Waals surface area (Å²) < 4.78 is 33.5. The van der Waals surface area contributed by atoms with Crippen molar-refractivity contribution in [3.05, 3.63) is 0 Å². The van der Waals surface area contributed by atoms with Crippen molar-refractivity contribution in [2.45, 2.75) is 95.8 Å². The molecule has 2 atom stereocenters. The van der Waals surface area contributed by atoms with E-state index in [1.165, 1.54) is 32.1 Å². The molecule has 4 nitrogen and oxygen atoms in total. The number of aliphatic hydroxyl groups is 1. The van der Waals surface area contributed by atoms with E-state index in [-0.39, 0.29) is 57.8 Å². The van der Waals surface area contributed by atoms with E-state index in [1.807, 2.05) is 0 Å². The Balaban J connectivity index is 0. The maximum absolute atomic E-state index is 11.2. The van der Waals surface area contributed by atoms with Crippen LogP contribution in [-0.4, -0.2) is 29.4 Å². The molecule has 0 saturated heterocycles. The molecule has 122 valence electrons. The fourth-order valence-corrected chi connectivity index (χ4v) is 3.27. The minimum atomic E-state index is -4.28. The van der Waals surface area contributed by atoms with E-state index in [0.29, 0.717) is 12.8 Å². The summed E-state index contributed by atoms with van der Waals surface area (Å²) in [5, 5.41) is 8.59. The van der Waals surface area contributed by atoms with E-state index in [2.05, 4.69) is 6.92 Å². The number of rotatable bonds is 13. The Labute approximate surface area is 173 Å².